The first kappa shape index (κ1) is 10.7. The van der Waals surface area contributed by atoms with Crippen molar-refractivity contribution >= 4 is 21.7 Å². The molecule has 0 aromatic carbocycles. The molecule has 0 bridgehead atoms. The molecule has 1 fully saturated rings. The Morgan fingerprint density at radius 1 is 1.41 bits per heavy atom. The zero-order valence-electron chi connectivity index (χ0n) is 9.17. The topological polar surface area (TPSA) is 69.6 Å². The second-order valence-electron chi connectivity index (χ2n) is 4.33. The molecule has 0 amide bonds. The Morgan fingerprint density at radius 3 is 2.94 bits per heavy atom. The molecule has 0 spiro atoms. The average Bonchev–Trinajstić information content (AvgIpc) is 2.99. The van der Waals surface area contributed by atoms with Crippen LogP contribution in [0.25, 0.3) is 11.3 Å². The van der Waals surface area contributed by atoms with Crippen molar-refractivity contribution < 1.29 is 0 Å². The zero-order valence-corrected chi connectivity index (χ0v) is 10.8. The fourth-order valence-corrected chi connectivity index (χ4v) is 1.97. The third-order valence-corrected chi connectivity index (χ3v) is 3.41. The molecule has 6 heteroatoms. The lowest BCUT2D eigenvalue weighted by molar-refractivity contribution is 0.563. The van der Waals surface area contributed by atoms with Gasteiger partial charge < -0.3 is 5.73 Å². The molecule has 3 rings (SSSR count). The van der Waals surface area contributed by atoms with E-state index in [-0.39, 0.29) is 0 Å². The second kappa shape index (κ2) is 4.10. The van der Waals surface area contributed by atoms with Gasteiger partial charge in [-0.25, -0.2) is 9.97 Å². The van der Waals surface area contributed by atoms with Crippen LogP contribution >= 0.6 is 15.9 Å². The third-order valence-electron chi connectivity index (χ3n) is 2.83. The zero-order chi connectivity index (χ0) is 11.8. The van der Waals surface area contributed by atoms with E-state index in [1.807, 2.05) is 17.1 Å². The maximum atomic E-state index is 5.60. The minimum atomic E-state index is 0.402. The number of hydrogen-bond donors (Lipinski definition) is 1. The van der Waals surface area contributed by atoms with Crippen molar-refractivity contribution in [1.82, 2.24) is 19.7 Å². The molecule has 0 unspecified atom stereocenters. The summed E-state index contributed by atoms with van der Waals surface area (Å²) < 4.78 is 2.55. The fourth-order valence-electron chi connectivity index (χ4n) is 1.68. The van der Waals surface area contributed by atoms with Crippen molar-refractivity contribution in [3.05, 3.63) is 23.2 Å². The molecule has 0 atom stereocenters. The third kappa shape index (κ3) is 2.31. The van der Waals surface area contributed by atoms with Gasteiger partial charge in [-0.3, -0.25) is 4.68 Å². The van der Waals surface area contributed by atoms with Crippen molar-refractivity contribution in [3.8, 4) is 11.3 Å². The predicted octanol–water partition coefficient (Wildman–Crippen LogP) is 2.09. The van der Waals surface area contributed by atoms with Gasteiger partial charge in [-0.1, -0.05) is 0 Å². The Labute approximate surface area is 107 Å². The molecule has 17 heavy (non-hydrogen) atoms. The average molecular weight is 294 g/mol. The summed E-state index contributed by atoms with van der Waals surface area (Å²) >= 11 is 3.27. The number of nitrogen functional groups attached to an aromatic ring is 1. The number of aromatic nitrogens is 4. The van der Waals surface area contributed by atoms with E-state index in [4.69, 9.17) is 5.73 Å². The Hall–Kier alpha value is -1.43. The molecule has 5 nitrogen and oxygen atoms in total. The SMILES string of the molecule is Nc1ncc(-c2cnn(CC3CC3)c2)nc1Br. The van der Waals surface area contributed by atoms with Crippen LogP contribution in [-0.4, -0.2) is 19.7 Å². The molecule has 0 saturated heterocycles. The van der Waals surface area contributed by atoms with E-state index in [1.54, 1.807) is 6.20 Å². The molecule has 2 heterocycles. The highest BCUT2D eigenvalue weighted by Crippen LogP contribution is 2.30. The molecule has 0 radical (unpaired) electrons. The number of nitrogens with zero attached hydrogens (tertiary/aromatic N) is 4. The highest BCUT2D eigenvalue weighted by atomic mass is 79.9. The van der Waals surface area contributed by atoms with Crippen molar-refractivity contribution in [2.24, 2.45) is 5.92 Å². The summed E-state index contributed by atoms with van der Waals surface area (Å²) in [7, 11) is 0. The first-order valence-electron chi connectivity index (χ1n) is 5.53. The summed E-state index contributed by atoms with van der Waals surface area (Å²) in [4.78, 5) is 8.40. The first-order valence-corrected chi connectivity index (χ1v) is 6.32. The Kier molecular flexibility index (Phi) is 2.58. The minimum Gasteiger partial charge on any atom is -0.381 e. The van der Waals surface area contributed by atoms with Crippen molar-refractivity contribution in [2.45, 2.75) is 19.4 Å². The van der Waals surface area contributed by atoms with E-state index in [0.717, 1.165) is 23.7 Å². The van der Waals surface area contributed by atoms with Crippen LogP contribution in [0, 0.1) is 5.92 Å². The molecular formula is C11H12BrN5. The van der Waals surface area contributed by atoms with Gasteiger partial charge in [0.1, 0.15) is 4.60 Å². The molecule has 88 valence electrons. The van der Waals surface area contributed by atoms with Gasteiger partial charge >= 0.3 is 0 Å². The highest BCUT2D eigenvalue weighted by molar-refractivity contribution is 9.10. The van der Waals surface area contributed by atoms with Gasteiger partial charge in [0, 0.05) is 18.3 Å². The standard InChI is InChI=1S/C11H12BrN5/c12-10-11(13)14-4-9(16-10)8-3-15-17(6-8)5-7-1-2-7/h3-4,6-7H,1-2,5H2,(H2,13,14). The van der Waals surface area contributed by atoms with E-state index >= 15 is 0 Å². The molecule has 1 aliphatic rings. The summed E-state index contributed by atoms with van der Waals surface area (Å²) in [5.74, 6) is 1.21. The summed E-state index contributed by atoms with van der Waals surface area (Å²) in [6.07, 6.45) is 8.13. The minimum absolute atomic E-state index is 0.402. The first-order chi connectivity index (χ1) is 8.22. The summed E-state index contributed by atoms with van der Waals surface area (Å²) in [5.41, 5.74) is 7.36. The molecule has 2 N–H and O–H groups in total. The summed E-state index contributed by atoms with van der Waals surface area (Å²) in [6.45, 7) is 1.00. The smallest absolute Gasteiger partial charge is 0.156 e. The molecule has 2 aromatic rings. The van der Waals surface area contributed by atoms with Crippen LogP contribution in [0.1, 0.15) is 12.8 Å². The van der Waals surface area contributed by atoms with Gasteiger partial charge in [0.05, 0.1) is 18.1 Å². The van der Waals surface area contributed by atoms with Crippen molar-refractivity contribution in [2.75, 3.05) is 5.73 Å². The fraction of sp³-hybridized carbons (Fsp3) is 0.364. The summed E-state index contributed by atoms with van der Waals surface area (Å²) in [6, 6.07) is 0. The van der Waals surface area contributed by atoms with Crippen LogP contribution in [-0.2, 0) is 6.54 Å². The van der Waals surface area contributed by atoms with E-state index in [1.165, 1.54) is 12.8 Å². The van der Waals surface area contributed by atoms with Gasteiger partial charge in [-0.05, 0) is 34.7 Å². The monoisotopic (exact) mass is 293 g/mol. The molecule has 2 aromatic heterocycles. The maximum Gasteiger partial charge on any atom is 0.156 e. The summed E-state index contributed by atoms with van der Waals surface area (Å²) in [5, 5.41) is 4.33. The van der Waals surface area contributed by atoms with Crippen molar-refractivity contribution in [1.29, 1.82) is 0 Å². The van der Waals surface area contributed by atoms with E-state index < -0.39 is 0 Å². The van der Waals surface area contributed by atoms with Crippen LogP contribution in [0.5, 0.6) is 0 Å². The van der Waals surface area contributed by atoms with Crippen molar-refractivity contribution in [3.63, 3.8) is 0 Å². The van der Waals surface area contributed by atoms with E-state index in [9.17, 15) is 0 Å². The number of nitrogens with two attached hydrogens (primary N) is 1. The quantitative estimate of drug-likeness (QED) is 0.941. The Bertz CT molecular complexity index is 547. The molecular weight excluding hydrogens is 282 g/mol. The maximum absolute atomic E-state index is 5.60. The molecule has 0 aliphatic heterocycles. The van der Waals surface area contributed by atoms with Crippen LogP contribution in [0.4, 0.5) is 5.82 Å². The number of anilines is 1. The van der Waals surface area contributed by atoms with Gasteiger partial charge in [0.15, 0.2) is 5.82 Å². The molecule has 1 saturated carbocycles. The lowest BCUT2D eigenvalue weighted by atomic mass is 10.3. The second-order valence-corrected chi connectivity index (χ2v) is 5.08. The lowest BCUT2D eigenvalue weighted by Gasteiger charge is -1.99. The van der Waals surface area contributed by atoms with Gasteiger partial charge in [0.25, 0.3) is 0 Å². The van der Waals surface area contributed by atoms with Gasteiger partial charge in [-0.15, -0.1) is 0 Å². The number of hydrogen-bond acceptors (Lipinski definition) is 4. The predicted molar refractivity (Wildman–Crippen MR) is 68.1 cm³/mol. The number of halogens is 1. The highest BCUT2D eigenvalue weighted by Gasteiger charge is 2.22. The van der Waals surface area contributed by atoms with E-state index in [0.29, 0.717) is 10.4 Å². The Morgan fingerprint density at radius 2 is 2.24 bits per heavy atom. The van der Waals surface area contributed by atoms with Gasteiger partial charge in [-0.2, -0.15) is 5.10 Å². The van der Waals surface area contributed by atoms with Crippen LogP contribution in [0.2, 0.25) is 0 Å². The number of rotatable bonds is 3. The van der Waals surface area contributed by atoms with Crippen LogP contribution in [0.15, 0.2) is 23.2 Å². The van der Waals surface area contributed by atoms with E-state index in [2.05, 4.69) is 31.0 Å². The van der Waals surface area contributed by atoms with Gasteiger partial charge in [0.2, 0.25) is 0 Å². The lowest BCUT2D eigenvalue weighted by Crippen LogP contribution is -1.99. The Balaban J connectivity index is 1.86. The van der Waals surface area contributed by atoms with Crippen LogP contribution in [0.3, 0.4) is 0 Å². The largest absolute Gasteiger partial charge is 0.381 e. The normalized spacial score (nSPS) is 15.1. The van der Waals surface area contributed by atoms with Crippen LogP contribution < -0.4 is 5.73 Å². The molecule has 1 aliphatic carbocycles.